The van der Waals surface area contributed by atoms with E-state index in [9.17, 15) is 14.4 Å². The molecule has 1 saturated heterocycles. The molecule has 0 radical (unpaired) electrons. The van der Waals surface area contributed by atoms with Crippen LogP contribution in [0.1, 0.15) is 28.7 Å². The van der Waals surface area contributed by atoms with Crippen molar-refractivity contribution in [2.75, 3.05) is 19.9 Å². The standard InChI is InChI=1S/C26H22N2O6S/c29-24(12-18-13-32-21-11-17-3-1-2-16(17)10-19(18)21)27-6-7-28-25(30)23(35-26(28)31)9-15-4-5-20-22(8-15)34-14-33-20/h4-5,8-11,13H,1-3,6-7,12,14H2,(H,27,29)/b23-9+. The Labute approximate surface area is 205 Å². The molecule has 6 rings (SSSR count). The molecule has 0 spiro atoms. The molecule has 2 aliphatic heterocycles. The number of benzene rings is 2. The first kappa shape index (κ1) is 21.8. The molecular formula is C26H22N2O6S. The van der Waals surface area contributed by atoms with Gasteiger partial charge in [0.05, 0.1) is 17.6 Å². The van der Waals surface area contributed by atoms with Gasteiger partial charge in [0.1, 0.15) is 5.58 Å². The summed E-state index contributed by atoms with van der Waals surface area (Å²) in [6, 6.07) is 9.55. The highest BCUT2D eigenvalue weighted by atomic mass is 32.2. The number of carbonyl (C=O) groups is 3. The molecule has 9 heteroatoms. The molecule has 178 valence electrons. The third-order valence-corrected chi connectivity index (χ3v) is 7.35. The number of hydrogen-bond acceptors (Lipinski definition) is 7. The van der Waals surface area contributed by atoms with Gasteiger partial charge in [-0.3, -0.25) is 19.3 Å². The minimum absolute atomic E-state index is 0.106. The van der Waals surface area contributed by atoms with Crippen LogP contribution in [0.25, 0.3) is 17.0 Å². The molecule has 2 aromatic carbocycles. The van der Waals surface area contributed by atoms with Crippen LogP contribution < -0.4 is 14.8 Å². The van der Waals surface area contributed by atoms with Crippen molar-refractivity contribution in [3.63, 3.8) is 0 Å². The van der Waals surface area contributed by atoms with E-state index in [1.807, 2.05) is 0 Å². The van der Waals surface area contributed by atoms with Gasteiger partial charge in [-0.1, -0.05) is 6.07 Å². The van der Waals surface area contributed by atoms with Crippen LogP contribution in [0.4, 0.5) is 4.79 Å². The zero-order chi connectivity index (χ0) is 23.9. The third kappa shape index (κ3) is 4.16. The molecule has 1 aliphatic carbocycles. The van der Waals surface area contributed by atoms with Gasteiger partial charge in [0.25, 0.3) is 11.1 Å². The molecule has 3 aliphatic rings. The van der Waals surface area contributed by atoms with Crippen LogP contribution in [0.2, 0.25) is 0 Å². The molecule has 0 bridgehead atoms. The van der Waals surface area contributed by atoms with E-state index in [1.165, 1.54) is 11.1 Å². The Hall–Kier alpha value is -3.72. The molecule has 3 aromatic rings. The SMILES string of the molecule is O=C(Cc1coc2cc3c(cc12)CCC3)NCCN1C(=O)S/C(=C/c2ccc3c(c2)OCO3)C1=O. The highest BCUT2D eigenvalue weighted by Gasteiger charge is 2.34. The van der Waals surface area contributed by atoms with E-state index < -0.39 is 0 Å². The van der Waals surface area contributed by atoms with Crippen LogP contribution in [0.3, 0.4) is 0 Å². The number of furan rings is 1. The molecule has 35 heavy (non-hydrogen) atoms. The molecule has 1 aromatic heterocycles. The summed E-state index contributed by atoms with van der Waals surface area (Å²) in [6.07, 6.45) is 6.75. The van der Waals surface area contributed by atoms with Crippen molar-refractivity contribution in [3.05, 3.63) is 63.8 Å². The number of aryl methyl sites for hydroxylation is 2. The lowest BCUT2D eigenvalue weighted by Crippen LogP contribution is -2.37. The lowest BCUT2D eigenvalue weighted by atomic mass is 10.0. The second kappa shape index (κ2) is 8.81. The lowest BCUT2D eigenvalue weighted by molar-refractivity contribution is -0.124. The highest BCUT2D eigenvalue weighted by molar-refractivity contribution is 8.18. The maximum absolute atomic E-state index is 12.8. The molecule has 3 amide bonds. The first-order valence-electron chi connectivity index (χ1n) is 11.5. The van der Waals surface area contributed by atoms with E-state index in [2.05, 4.69) is 17.4 Å². The summed E-state index contributed by atoms with van der Waals surface area (Å²) in [5, 5.41) is 3.43. The number of fused-ring (bicyclic) bond motifs is 3. The Morgan fingerprint density at radius 2 is 1.91 bits per heavy atom. The number of imide groups is 1. The van der Waals surface area contributed by atoms with E-state index in [0.717, 1.165) is 58.0 Å². The number of carbonyl (C=O) groups excluding carboxylic acids is 3. The van der Waals surface area contributed by atoms with Crippen molar-refractivity contribution >= 4 is 45.9 Å². The first-order valence-corrected chi connectivity index (χ1v) is 12.3. The number of amides is 3. The molecule has 0 unspecified atom stereocenters. The molecular weight excluding hydrogens is 468 g/mol. The van der Waals surface area contributed by atoms with Gasteiger partial charge in [-0.15, -0.1) is 0 Å². The van der Waals surface area contributed by atoms with Crippen LogP contribution in [0, 0.1) is 0 Å². The zero-order valence-electron chi connectivity index (χ0n) is 18.8. The van der Waals surface area contributed by atoms with E-state index in [4.69, 9.17) is 13.9 Å². The van der Waals surface area contributed by atoms with Crippen LogP contribution in [-0.2, 0) is 28.9 Å². The number of hydrogen-bond donors (Lipinski definition) is 1. The van der Waals surface area contributed by atoms with Gasteiger partial charge in [0.2, 0.25) is 12.7 Å². The minimum Gasteiger partial charge on any atom is -0.464 e. The smallest absolute Gasteiger partial charge is 0.293 e. The van der Waals surface area contributed by atoms with Crippen LogP contribution in [-0.4, -0.2) is 41.8 Å². The number of rotatable bonds is 6. The molecule has 3 heterocycles. The number of ether oxygens (including phenoxy) is 2. The van der Waals surface area contributed by atoms with Crippen molar-refractivity contribution in [2.24, 2.45) is 0 Å². The van der Waals surface area contributed by atoms with Crippen molar-refractivity contribution in [3.8, 4) is 11.5 Å². The Balaban J connectivity index is 1.06. The van der Waals surface area contributed by atoms with Crippen molar-refractivity contribution in [2.45, 2.75) is 25.7 Å². The van der Waals surface area contributed by atoms with Crippen LogP contribution >= 0.6 is 11.8 Å². The third-order valence-electron chi connectivity index (χ3n) is 6.44. The second-order valence-corrected chi connectivity index (χ2v) is 9.70. The minimum atomic E-state index is -0.374. The number of nitrogens with one attached hydrogen (secondary N) is 1. The first-order chi connectivity index (χ1) is 17.0. The average molecular weight is 491 g/mol. The predicted octanol–water partition coefficient (Wildman–Crippen LogP) is 4.05. The van der Waals surface area contributed by atoms with Gasteiger partial charge >= 0.3 is 0 Å². The van der Waals surface area contributed by atoms with E-state index >= 15 is 0 Å². The topological polar surface area (TPSA) is 98.1 Å². The fraction of sp³-hybridized carbons (Fsp3) is 0.269. The number of nitrogens with zero attached hydrogens (tertiary/aromatic N) is 1. The fourth-order valence-corrected chi connectivity index (χ4v) is 5.54. The van der Waals surface area contributed by atoms with Gasteiger partial charge in [0.15, 0.2) is 11.5 Å². The quantitative estimate of drug-likeness (QED) is 0.521. The summed E-state index contributed by atoms with van der Waals surface area (Å²) in [6.45, 7) is 0.452. The van der Waals surface area contributed by atoms with Gasteiger partial charge < -0.3 is 19.2 Å². The fourth-order valence-electron chi connectivity index (χ4n) is 4.67. The summed E-state index contributed by atoms with van der Waals surface area (Å²) < 4.78 is 16.3. The van der Waals surface area contributed by atoms with Crippen molar-refractivity contribution < 1.29 is 28.3 Å². The molecule has 1 fully saturated rings. The summed E-state index contributed by atoms with van der Waals surface area (Å²) >= 11 is 0.885. The summed E-state index contributed by atoms with van der Waals surface area (Å²) in [5.74, 6) is 0.700. The second-order valence-electron chi connectivity index (χ2n) is 8.70. The molecule has 0 atom stereocenters. The number of thioether (sulfide) groups is 1. The lowest BCUT2D eigenvalue weighted by Gasteiger charge is -2.13. The molecule has 8 nitrogen and oxygen atoms in total. The van der Waals surface area contributed by atoms with Gasteiger partial charge in [-0.25, -0.2) is 0 Å². The van der Waals surface area contributed by atoms with E-state index in [-0.39, 0.29) is 43.4 Å². The normalized spacial score (nSPS) is 17.6. The predicted molar refractivity (Wildman–Crippen MR) is 130 cm³/mol. The summed E-state index contributed by atoms with van der Waals surface area (Å²) in [4.78, 5) is 39.2. The van der Waals surface area contributed by atoms with Crippen molar-refractivity contribution in [1.82, 2.24) is 10.2 Å². The highest BCUT2D eigenvalue weighted by Crippen LogP contribution is 2.36. The Bertz CT molecular complexity index is 1410. The Morgan fingerprint density at radius 3 is 2.80 bits per heavy atom. The van der Waals surface area contributed by atoms with Crippen LogP contribution in [0.15, 0.2) is 45.9 Å². The Morgan fingerprint density at radius 1 is 1.09 bits per heavy atom. The van der Waals surface area contributed by atoms with E-state index in [0.29, 0.717) is 16.4 Å². The largest absolute Gasteiger partial charge is 0.464 e. The summed E-state index contributed by atoms with van der Waals surface area (Å²) in [5.41, 5.74) is 5.04. The van der Waals surface area contributed by atoms with Gasteiger partial charge in [-0.2, -0.15) is 0 Å². The maximum Gasteiger partial charge on any atom is 0.293 e. The Kier molecular flexibility index (Phi) is 5.49. The van der Waals surface area contributed by atoms with E-state index in [1.54, 1.807) is 30.5 Å². The monoisotopic (exact) mass is 490 g/mol. The van der Waals surface area contributed by atoms with Gasteiger partial charge in [-0.05, 0) is 78.1 Å². The average Bonchev–Trinajstić information content (AvgIpc) is 3.62. The summed E-state index contributed by atoms with van der Waals surface area (Å²) in [7, 11) is 0. The van der Waals surface area contributed by atoms with Crippen molar-refractivity contribution in [1.29, 1.82) is 0 Å². The molecule has 0 saturated carbocycles. The molecule has 1 N–H and O–H groups in total. The van der Waals surface area contributed by atoms with Crippen LogP contribution in [0.5, 0.6) is 11.5 Å². The van der Waals surface area contributed by atoms with Gasteiger partial charge in [0, 0.05) is 24.0 Å². The maximum atomic E-state index is 12.8. The zero-order valence-corrected chi connectivity index (χ0v) is 19.6.